The third kappa shape index (κ3) is 14.2. The summed E-state index contributed by atoms with van der Waals surface area (Å²) in [5, 5.41) is 17.8. The van der Waals surface area contributed by atoms with Gasteiger partial charge in [-0.05, 0) is 42.5 Å². The van der Waals surface area contributed by atoms with Gasteiger partial charge in [0, 0.05) is 40.0 Å². The quantitative estimate of drug-likeness (QED) is 0.0465. The second-order valence-electron chi connectivity index (χ2n) is 11.7. The van der Waals surface area contributed by atoms with Crippen LogP contribution in [0.4, 0.5) is 16.2 Å². The van der Waals surface area contributed by atoms with E-state index in [4.69, 9.17) is 36.3 Å². The summed E-state index contributed by atoms with van der Waals surface area (Å²) in [6, 6.07) is 8.20. The lowest BCUT2D eigenvalue weighted by Crippen LogP contribution is -2.24. The normalized spacial score (nSPS) is 12.1. The first-order valence-electron chi connectivity index (χ1n) is 13.3. The van der Waals surface area contributed by atoms with Crippen LogP contribution in [0.25, 0.3) is 0 Å². The number of nitrogens with two attached hydrogens (primary N) is 1. The Kier molecular flexibility index (Phi) is 13.4. The van der Waals surface area contributed by atoms with Crippen molar-refractivity contribution in [3.63, 3.8) is 0 Å². The highest BCUT2D eigenvalue weighted by Gasteiger charge is 2.32. The number of rotatable bonds is 16. The number of nitro benzene ring substituents is 1. The van der Waals surface area contributed by atoms with Crippen molar-refractivity contribution in [1.82, 2.24) is 10.4 Å². The van der Waals surface area contributed by atoms with Gasteiger partial charge in [-0.3, -0.25) is 34.9 Å². The van der Waals surface area contributed by atoms with Gasteiger partial charge in [-0.2, -0.15) is 5.10 Å². The molecule has 1 heterocycles. The van der Waals surface area contributed by atoms with E-state index in [1.165, 1.54) is 30.6 Å². The number of pyridine rings is 1. The standard InChI is InChI=1S/C25H39N6O8PSSi2/c1-42(2,3)14-12-37-40(35,38-13-15-43(4,5)6)39-23-10-9-20(31(33)34)16-19(23)18-36-25(32)29-21-8-7-11-27-22(21)17-28-30-24(26)41/h7-11,16-17H,12-15,18H2,1-6H3,(H,29,32)(H3,26,30,41)/b28-17+. The zero-order valence-electron chi connectivity index (χ0n) is 25.1. The molecule has 2 aromatic rings. The monoisotopic (exact) mass is 670 g/mol. The topological polar surface area (TPSA) is 190 Å². The molecule has 0 spiro atoms. The summed E-state index contributed by atoms with van der Waals surface area (Å²) in [6.45, 7) is 12.8. The van der Waals surface area contributed by atoms with Gasteiger partial charge in [0.2, 0.25) is 0 Å². The molecule has 0 aliphatic heterocycles. The Morgan fingerprint density at radius 3 is 2.33 bits per heavy atom. The lowest BCUT2D eigenvalue weighted by Gasteiger charge is -2.23. The van der Waals surface area contributed by atoms with E-state index in [-0.39, 0.29) is 46.7 Å². The molecule has 4 N–H and O–H groups in total. The van der Waals surface area contributed by atoms with Crippen molar-refractivity contribution in [2.24, 2.45) is 10.8 Å². The minimum atomic E-state index is -4.13. The third-order valence-electron chi connectivity index (χ3n) is 5.46. The van der Waals surface area contributed by atoms with Crippen LogP contribution in [0.1, 0.15) is 11.3 Å². The molecule has 43 heavy (non-hydrogen) atoms. The van der Waals surface area contributed by atoms with E-state index in [1.807, 2.05) is 0 Å². The van der Waals surface area contributed by atoms with E-state index in [0.29, 0.717) is 12.1 Å². The smallest absolute Gasteiger partial charge is 0.444 e. The largest absolute Gasteiger partial charge is 0.530 e. The number of carbonyl (C=O) groups is 1. The van der Waals surface area contributed by atoms with E-state index < -0.39 is 41.6 Å². The highest BCUT2D eigenvalue weighted by Crippen LogP contribution is 2.51. The van der Waals surface area contributed by atoms with Crippen molar-refractivity contribution in [3.8, 4) is 5.75 Å². The SMILES string of the molecule is C[Si](C)(C)CCOP(=O)(OCC[Si](C)(C)C)Oc1ccc([N+](=O)[O-])cc1COC(=O)Nc1cccnc1/C=N/NC(N)=S. The van der Waals surface area contributed by atoms with Crippen LogP contribution in [0.15, 0.2) is 41.6 Å². The molecule has 14 nitrogen and oxygen atoms in total. The van der Waals surface area contributed by atoms with Crippen LogP contribution in [-0.4, -0.2) is 56.7 Å². The maximum Gasteiger partial charge on any atom is 0.530 e. The number of phosphoric acid groups is 1. The van der Waals surface area contributed by atoms with Crippen LogP contribution >= 0.6 is 20.0 Å². The second-order valence-corrected chi connectivity index (χ2v) is 25.0. The molecule has 1 amide bonds. The van der Waals surface area contributed by atoms with E-state index in [2.05, 4.69) is 60.1 Å². The Bertz CT molecular complexity index is 1350. The number of nitrogens with zero attached hydrogens (tertiary/aromatic N) is 3. The van der Waals surface area contributed by atoms with Gasteiger partial charge in [0.1, 0.15) is 18.1 Å². The Balaban J connectivity index is 2.25. The van der Waals surface area contributed by atoms with Gasteiger partial charge < -0.3 is 15.0 Å². The number of ether oxygens (including phenoxy) is 1. The number of hydrazone groups is 1. The van der Waals surface area contributed by atoms with Crippen molar-refractivity contribution in [1.29, 1.82) is 0 Å². The summed E-state index contributed by atoms with van der Waals surface area (Å²) in [6.07, 6.45) is 1.88. The molecule has 0 saturated carbocycles. The molecule has 0 fully saturated rings. The molecular formula is C25H39N6O8PSSi2. The number of phosphoric ester groups is 1. The highest BCUT2D eigenvalue weighted by atomic mass is 32.1. The van der Waals surface area contributed by atoms with Crippen molar-refractivity contribution in [3.05, 3.63) is 57.9 Å². The molecule has 2 rings (SSSR count). The van der Waals surface area contributed by atoms with Gasteiger partial charge in [-0.1, -0.05) is 39.3 Å². The number of benzene rings is 1. The predicted molar refractivity (Wildman–Crippen MR) is 175 cm³/mol. The molecule has 0 radical (unpaired) electrons. The number of hydrogen-bond donors (Lipinski definition) is 3. The molecule has 0 unspecified atom stereocenters. The second kappa shape index (κ2) is 16.0. The molecule has 0 saturated heterocycles. The number of amides is 1. The van der Waals surface area contributed by atoms with E-state index in [1.54, 1.807) is 12.1 Å². The van der Waals surface area contributed by atoms with Gasteiger partial charge in [0.15, 0.2) is 5.11 Å². The van der Waals surface area contributed by atoms with Crippen LogP contribution in [-0.2, 0) is 25.0 Å². The van der Waals surface area contributed by atoms with Crippen molar-refractivity contribution in [2.45, 2.75) is 58.0 Å². The zero-order chi connectivity index (χ0) is 32.3. The van der Waals surface area contributed by atoms with Gasteiger partial charge in [-0.25, -0.2) is 9.36 Å². The van der Waals surface area contributed by atoms with Crippen LogP contribution in [0.5, 0.6) is 5.75 Å². The Labute approximate surface area is 258 Å². The van der Waals surface area contributed by atoms with E-state index in [9.17, 15) is 19.5 Å². The molecule has 1 aromatic carbocycles. The molecule has 0 aliphatic rings. The van der Waals surface area contributed by atoms with E-state index in [0.717, 1.165) is 0 Å². The zero-order valence-corrected chi connectivity index (χ0v) is 28.8. The summed E-state index contributed by atoms with van der Waals surface area (Å²) < 4.78 is 36.2. The first-order valence-corrected chi connectivity index (χ1v) is 22.6. The number of aromatic nitrogens is 1. The minimum Gasteiger partial charge on any atom is -0.444 e. The Hall–Kier alpha value is -3.22. The Morgan fingerprint density at radius 1 is 1.14 bits per heavy atom. The summed E-state index contributed by atoms with van der Waals surface area (Å²) in [5.74, 6) is -0.0410. The lowest BCUT2D eigenvalue weighted by atomic mass is 10.2. The lowest BCUT2D eigenvalue weighted by molar-refractivity contribution is -0.385. The number of anilines is 1. The average molecular weight is 671 g/mol. The number of nitro groups is 1. The fourth-order valence-electron chi connectivity index (χ4n) is 3.09. The molecular weight excluding hydrogens is 632 g/mol. The summed E-state index contributed by atoms with van der Waals surface area (Å²) >= 11 is 4.69. The van der Waals surface area contributed by atoms with Crippen LogP contribution in [0.2, 0.25) is 51.4 Å². The molecule has 0 bridgehead atoms. The molecule has 236 valence electrons. The van der Waals surface area contributed by atoms with E-state index >= 15 is 0 Å². The van der Waals surface area contributed by atoms with Gasteiger partial charge in [0.25, 0.3) is 5.69 Å². The maximum absolute atomic E-state index is 13.7. The van der Waals surface area contributed by atoms with Crippen LogP contribution < -0.4 is 21.0 Å². The first-order chi connectivity index (χ1) is 20.0. The maximum atomic E-state index is 13.7. The summed E-state index contributed by atoms with van der Waals surface area (Å²) in [5.41, 5.74) is 8.06. The minimum absolute atomic E-state index is 0.0410. The third-order valence-corrected chi connectivity index (χ3v) is 10.4. The Morgan fingerprint density at radius 2 is 1.77 bits per heavy atom. The summed E-state index contributed by atoms with van der Waals surface area (Å²) in [4.78, 5) is 27.7. The number of nitrogens with one attached hydrogen (secondary N) is 2. The summed E-state index contributed by atoms with van der Waals surface area (Å²) in [7, 11) is -7.20. The predicted octanol–water partition coefficient (Wildman–Crippen LogP) is 6.10. The number of thiocarbonyl (C=S) groups is 1. The number of carbonyl (C=O) groups excluding carboxylic acids is 1. The van der Waals surface area contributed by atoms with Crippen LogP contribution in [0, 0.1) is 10.1 Å². The van der Waals surface area contributed by atoms with Gasteiger partial charge in [-0.15, -0.1) is 0 Å². The fourth-order valence-corrected chi connectivity index (χ4v) is 6.15. The highest BCUT2D eigenvalue weighted by molar-refractivity contribution is 7.80. The number of hydrogen-bond acceptors (Lipinski definition) is 11. The van der Waals surface area contributed by atoms with Crippen LogP contribution in [0.3, 0.4) is 0 Å². The van der Waals surface area contributed by atoms with Crippen molar-refractivity contribution in [2.75, 3.05) is 18.5 Å². The first kappa shape index (κ1) is 36.0. The molecule has 0 aliphatic carbocycles. The number of non-ortho nitro benzene ring substituents is 1. The average Bonchev–Trinajstić information content (AvgIpc) is 2.87. The van der Waals surface area contributed by atoms with Gasteiger partial charge >= 0.3 is 13.9 Å². The van der Waals surface area contributed by atoms with Crippen molar-refractivity contribution >= 4 is 65.0 Å². The fraction of sp³-hybridized carbons (Fsp3) is 0.440. The molecule has 18 heteroatoms. The van der Waals surface area contributed by atoms with Crippen molar-refractivity contribution < 1.29 is 32.6 Å². The van der Waals surface area contributed by atoms with Gasteiger partial charge in [0.05, 0.1) is 30.0 Å². The molecule has 0 atom stereocenters. The molecule has 1 aromatic heterocycles.